The summed E-state index contributed by atoms with van der Waals surface area (Å²) in [6.45, 7) is 2.25. The van der Waals surface area contributed by atoms with Gasteiger partial charge in [-0.25, -0.2) is 4.98 Å². The molecule has 0 unspecified atom stereocenters. The van der Waals surface area contributed by atoms with Gasteiger partial charge in [-0.05, 0) is 25.0 Å². The van der Waals surface area contributed by atoms with Crippen molar-refractivity contribution >= 4 is 17.7 Å². The number of aromatic nitrogens is 4. The van der Waals surface area contributed by atoms with Gasteiger partial charge < -0.3 is 15.0 Å². The molecule has 2 fully saturated rings. The van der Waals surface area contributed by atoms with Gasteiger partial charge in [-0.2, -0.15) is 0 Å². The largest absolute Gasteiger partial charge is 0.371 e. The van der Waals surface area contributed by atoms with Crippen molar-refractivity contribution in [3.63, 3.8) is 0 Å². The van der Waals surface area contributed by atoms with Crippen molar-refractivity contribution < 1.29 is 9.53 Å². The summed E-state index contributed by atoms with van der Waals surface area (Å²) in [6, 6.07) is 5.36. The number of carbonyl (C=O) groups is 1. The minimum Gasteiger partial charge on any atom is -0.371 e. The summed E-state index contributed by atoms with van der Waals surface area (Å²) in [5.41, 5.74) is -0.0706. The highest BCUT2D eigenvalue weighted by molar-refractivity contribution is 6.01. The van der Waals surface area contributed by atoms with Crippen LogP contribution in [0.15, 0.2) is 24.4 Å². The SMILES string of the molecule is Cn1c(C(=O)Nc2ccccn2)nnc1N1CCOC2(CCCCC2)C1. The zero-order chi connectivity index (χ0) is 18.0. The maximum atomic E-state index is 12.5. The Bertz CT molecular complexity index is 764. The van der Waals surface area contributed by atoms with Crippen LogP contribution in [-0.4, -0.2) is 51.0 Å². The summed E-state index contributed by atoms with van der Waals surface area (Å²) in [5, 5.41) is 11.1. The van der Waals surface area contributed by atoms with E-state index in [4.69, 9.17) is 4.74 Å². The molecule has 1 aliphatic heterocycles. The first kappa shape index (κ1) is 17.0. The number of ether oxygens (including phenoxy) is 1. The van der Waals surface area contributed by atoms with Crippen molar-refractivity contribution in [2.45, 2.75) is 37.7 Å². The Balaban J connectivity index is 1.50. The summed E-state index contributed by atoms with van der Waals surface area (Å²) in [7, 11) is 1.83. The number of hydrogen-bond acceptors (Lipinski definition) is 6. The van der Waals surface area contributed by atoms with Crippen molar-refractivity contribution in [3.8, 4) is 0 Å². The monoisotopic (exact) mass is 356 g/mol. The van der Waals surface area contributed by atoms with Crippen LogP contribution in [0.5, 0.6) is 0 Å². The van der Waals surface area contributed by atoms with Crippen LogP contribution >= 0.6 is 0 Å². The summed E-state index contributed by atoms with van der Waals surface area (Å²) in [5.74, 6) is 1.17. The Morgan fingerprint density at radius 2 is 2.08 bits per heavy atom. The molecule has 26 heavy (non-hydrogen) atoms. The van der Waals surface area contributed by atoms with E-state index in [1.165, 1.54) is 19.3 Å². The maximum absolute atomic E-state index is 12.5. The molecule has 2 aromatic rings. The van der Waals surface area contributed by atoms with E-state index in [-0.39, 0.29) is 17.3 Å². The second-order valence-electron chi connectivity index (χ2n) is 7.07. The molecule has 1 aliphatic carbocycles. The molecule has 1 saturated carbocycles. The first-order valence-corrected chi connectivity index (χ1v) is 9.18. The molecule has 0 atom stereocenters. The highest BCUT2D eigenvalue weighted by atomic mass is 16.5. The minimum absolute atomic E-state index is 0.0706. The number of morpholine rings is 1. The van der Waals surface area contributed by atoms with E-state index in [9.17, 15) is 4.79 Å². The third-order valence-corrected chi connectivity index (χ3v) is 5.26. The molecule has 1 amide bonds. The Morgan fingerprint density at radius 1 is 1.23 bits per heavy atom. The Morgan fingerprint density at radius 3 is 2.85 bits per heavy atom. The minimum atomic E-state index is -0.314. The Hall–Kier alpha value is -2.48. The molecule has 1 spiro atoms. The average molecular weight is 356 g/mol. The number of nitrogens with zero attached hydrogens (tertiary/aromatic N) is 5. The standard InChI is InChI=1S/C18H24N6O2/c1-23-15(16(25)20-14-7-3-6-10-19-14)21-22-17(23)24-11-12-26-18(13-24)8-4-2-5-9-18/h3,6-7,10H,2,4-5,8-9,11-13H2,1H3,(H,19,20,25). The van der Waals surface area contributed by atoms with Crippen LogP contribution in [0.3, 0.4) is 0 Å². The normalized spacial score (nSPS) is 19.5. The topological polar surface area (TPSA) is 85.2 Å². The predicted molar refractivity (Wildman–Crippen MR) is 97.2 cm³/mol. The molecular weight excluding hydrogens is 332 g/mol. The van der Waals surface area contributed by atoms with Gasteiger partial charge >= 0.3 is 0 Å². The zero-order valence-electron chi connectivity index (χ0n) is 15.0. The van der Waals surface area contributed by atoms with Crippen LogP contribution < -0.4 is 10.2 Å². The van der Waals surface area contributed by atoms with E-state index < -0.39 is 0 Å². The lowest BCUT2D eigenvalue weighted by molar-refractivity contribution is -0.0786. The van der Waals surface area contributed by atoms with E-state index in [0.29, 0.717) is 18.4 Å². The number of amides is 1. The molecule has 3 heterocycles. The summed E-state index contributed by atoms with van der Waals surface area (Å²) in [6.07, 6.45) is 7.53. The summed E-state index contributed by atoms with van der Waals surface area (Å²) < 4.78 is 7.89. The van der Waals surface area contributed by atoms with Crippen molar-refractivity contribution in [1.29, 1.82) is 0 Å². The Kier molecular flexibility index (Phi) is 4.58. The van der Waals surface area contributed by atoms with Crippen LogP contribution in [0.25, 0.3) is 0 Å². The van der Waals surface area contributed by atoms with Gasteiger partial charge in [0.05, 0.1) is 12.2 Å². The second kappa shape index (κ2) is 7.03. The number of pyridine rings is 1. The molecule has 138 valence electrons. The van der Waals surface area contributed by atoms with Crippen molar-refractivity contribution in [2.75, 3.05) is 29.9 Å². The molecule has 1 N–H and O–H groups in total. The molecule has 1 saturated heterocycles. The maximum Gasteiger partial charge on any atom is 0.294 e. The third kappa shape index (κ3) is 3.29. The van der Waals surface area contributed by atoms with Crippen LogP contribution in [0.1, 0.15) is 42.7 Å². The lowest BCUT2D eigenvalue weighted by atomic mass is 9.83. The molecular formula is C18H24N6O2. The van der Waals surface area contributed by atoms with Gasteiger partial charge in [-0.1, -0.05) is 25.3 Å². The third-order valence-electron chi connectivity index (χ3n) is 5.26. The quantitative estimate of drug-likeness (QED) is 0.905. The van der Waals surface area contributed by atoms with Gasteiger partial charge in [0, 0.05) is 26.3 Å². The van der Waals surface area contributed by atoms with Gasteiger partial charge in [0.2, 0.25) is 11.8 Å². The van der Waals surface area contributed by atoms with Crippen molar-refractivity contribution in [3.05, 3.63) is 30.2 Å². The molecule has 2 aliphatic rings. The van der Waals surface area contributed by atoms with E-state index in [1.54, 1.807) is 22.9 Å². The molecule has 8 heteroatoms. The fourth-order valence-electron chi connectivity index (χ4n) is 3.92. The molecule has 8 nitrogen and oxygen atoms in total. The fraction of sp³-hybridized carbons (Fsp3) is 0.556. The average Bonchev–Trinajstić information content (AvgIpc) is 3.05. The number of anilines is 2. The first-order chi connectivity index (χ1) is 12.7. The number of hydrogen-bond donors (Lipinski definition) is 1. The van der Waals surface area contributed by atoms with Crippen LogP contribution in [0.2, 0.25) is 0 Å². The number of rotatable bonds is 3. The van der Waals surface area contributed by atoms with Crippen LogP contribution in [0.4, 0.5) is 11.8 Å². The smallest absolute Gasteiger partial charge is 0.294 e. The highest BCUT2D eigenvalue weighted by Gasteiger charge is 2.39. The van der Waals surface area contributed by atoms with Crippen molar-refractivity contribution in [1.82, 2.24) is 19.7 Å². The second-order valence-corrected chi connectivity index (χ2v) is 7.07. The van der Waals surface area contributed by atoms with Gasteiger partial charge in [0.25, 0.3) is 5.91 Å². The van der Waals surface area contributed by atoms with Gasteiger partial charge in [-0.3, -0.25) is 9.36 Å². The number of carbonyl (C=O) groups excluding carboxylic acids is 1. The predicted octanol–water partition coefficient (Wildman–Crippen LogP) is 2.00. The lowest BCUT2D eigenvalue weighted by Crippen LogP contribution is -2.53. The van der Waals surface area contributed by atoms with Gasteiger partial charge in [-0.15, -0.1) is 10.2 Å². The number of nitrogens with one attached hydrogen (secondary N) is 1. The van der Waals surface area contributed by atoms with E-state index in [0.717, 1.165) is 25.9 Å². The summed E-state index contributed by atoms with van der Waals surface area (Å²) in [4.78, 5) is 18.8. The first-order valence-electron chi connectivity index (χ1n) is 9.18. The van der Waals surface area contributed by atoms with Crippen LogP contribution in [-0.2, 0) is 11.8 Å². The van der Waals surface area contributed by atoms with E-state index in [2.05, 4.69) is 25.4 Å². The fourth-order valence-corrected chi connectivity index (χ4v) is 3.92. The highest BCUT2D eigenvalue weighted by Crippen LogP contribution is 2.35. The lowest BCUT2D eigenvalue weighted by Gasteiger charge is -2.45. The van der Waals surface area contributed by atoms with Crippen molar-refractivity contribution in [2.24, 2.45) is 7.05 Å². The van der Waals surface area contributed by atoms with Gasteiger partial charge in [0.1, 0.15) is 5.82 Å². The molecule has 0 bridgehead atoms. The Labute approximate surface area is 152 Å². The summed E-state index contributed by atoms with van der Waals surface area (Å²) >= 11 is 0. The zero-order valence-corrected chi connectivity index (χ0v) is 15.0. The molecule has 2 aromatic heterocycles. The van der Waals surface area contributed by atoms with Crippen LogP contribution in [0, 0.1) is 0 Å². The van der Waals surface area contributed by atoms with Gasteiger partial charge in [0.15, 0.2) is 0 Å². The van der Waals surface area contributed by atoms with E-state index >= 15 is 0 Å². The van der Waals surface area contributed by atoms with E-state index in [1.807, 2.05) is 13.1 Å². The molecule has 4 rings (SSSR count). The molecule has 0 radical (unpaired) electrons. The molecule has 0 aromatic carbocycles.